The Bertz CT molecular complexity index is 1110. The summed E-state index contributed by atoms with van der Waals surface area (Å²) < 4.78 is 40.1. The van der Waals surface area contributed by atoms with Crippen molar-refractivity contribution in [1.29, 1.82) is 0 Å². The van der Waals surface area contributed by atoms with Crippen LogP contribution in [0.25, 0.3) is 9.88 Å². The third-order valence-corrected chi connectivity index (χ3v) is 9.50. The molecular weight excluding hydrogens is 465 g/mol. The highest BCUT2D eigenvalue weighted by molar-refractivity contribution is 8.00. The number of aromatic nitrogens is 1. The summed E-state index contributed by atoms with van der Waals surface area (Å²) in [5, 5.41) is 7.75. The molecule has 6 nitrogen and oxygen atoms in total. The molecule has 0 saturated carbocycles. The molecule has 4 rings (SSSR count). The molecule has 0 radical (unpaired) electrons. The fourth-order valence-corrected chi connectivity index (χ4v) is 7.80. The summed E-state index contributed by atoms with van der Waals surface area (Å²) in [6.07, 6.45) is 0.568. The van der Waals surface area contributed by atoms with E-state index in [1.54, 1.807) is 22.7 Å². The van der Waals surface area contributed by atoms with Crippen LogP contribution in [0.2, 0.25) is 0 Å². The van der Waals surface area contributed by atoms with Crippen LogP contribution >= 0.6 is 34.4 Å². The lowest BCUT2D eigenvalue weighted by Crippen LogP contribution is -2.47. The summed E-state index contributed by atoms with van der Waals surface area (Å²) in [7, 11) is -3.87. The molecular formula is C19H18FN3O3S4. The number of hydrogen-bond donors (Lipinski definition) is 1. The molecule has 1 N–H and O–H groups in total. The number of thioether (sulfide) groups is 1. The molecule has 1 aliphatic heterocycles. The van der Waals surface area contributed by atoms with Gasteiger partial charge in [-0.3, -0.25) is 4.79 Å². The number of hydrogen-bond acceptors (Lipinski definition) is 7. The van der Waals surface area contributed by atoms with Crippen molar-refractivity contribution in [3.63, 3.8) is 0 Å². The molecule has 30 heavy (non-hydrogen) atoms. The Morgan fingerprint density at radius 3 is 2.77 bits per heavy atom. The van der Waals surface area contributed by atoms with Gasteiger partial charge in [-0.15, -0.1) is 34.4 Å². The first kappa shape index (κ1) is 21.4. The molecule has 158 valence electrons. The van der Waals surface area contributed by atoms with E-state index in [0.29, 0.717) is 18.7 Å². The lowest BCUT2D eigenvalue weighted by molar-refractivity contribution is -0.123. The van der Waals surface area contributed by atoms with Gasteiger partial charge in [-0.05, 0) is 35.7 Å². The van der Waals surface area contributed by atoms with Crippen LogP contribution < -0.4 is 5.32 Å². The van der Waals surface area contributed by atoms with E-state index in [0.717, 1.165) is 27.7 Å². The van der Waals surface area contributed by atoms with E-state index in [4.69, 9.17) is 0 Å². The van der Waals surface area contributed by atoms with Crippen LogP contribution in [0.5, 0.6) is 0 Å². The number of nitrogens with one attached hydrogen (secondary N) is 1. The van der Waals surface area contributed by atoms with Gasteiger partial charge in [-0.25, -0.2) is 17.8 Å². The monoisotopic (exact) mass is 483 g/mol. The summed E-state index contributed by atoms with van der Waals surface area (Å²) in [6, 6.07) is 7.84. The minimum absolute atomic E-state index is 0.0206. The fourth-order valence-electron chi connectivity index (χ4n) is 2.98. The lowest BCUT2D eigenvalue weighted by Gasteiger charge is -2.22. The summed E-state index contributed by atoms with van der Waals surface area (Å²) in [4.78, 5) is 18.3. The molecule has 1 aromatic carbocycles. The lowest BCUT2D eigenvalue weighted by atomic mass is 10.3. The second-order valence-corrected chi connectivity index (χ2v) is 11.2. The molecule has 1 saturated heterocycles. The molecule has 1 unspecified atom stereocenters. The van der Waals surface area contributed by atoms with Crippen molar-refractivity contribution in [2.75, 3.05) is 18.2 Å². The average molecular weight is 484 g/mol. The highest BCUT2D eigenvalue weighted by atomic mass is 32.2. The van der Waals surface area contributed by atoms with Crippen molar-refractivity contribution in [2.24, 2.45) is 0 Å². The predicted molar refractivity (Wildman–Crippen MR) is 119 cm³/mol. The van der Waals surface area contributed by atoms with Gasteiger partial charge in [0.1, 0.15) is 16.9 Å². The second kappa shape index (κ2) is 9.15. The van der Waals surface area contributed by atoms with E-state index in [2.05, 4.69) is 10.3 Å². The molecule has 0 bridgehead atoms. The molecule has 1 atom stereocenters. The van der Waals surface area contributed by atoms with Gasteiger partial charge in [0.25, 0.3) is 0 Å². The van der Waals surface area contributed by atoms with Crippen molar-refractivity contribution in [3.05, 3.63) is 58.7 Å². The molecule has 0 spiro atoms. The van der Waals surface area contributed by atoms with Crippen molar-refractivity contribution >= 4 is 50.4 Å². The molecule has 3 heterocycles. The Morgan fingerprint density at radius 2 is 2.03 bits per heavy atom. The van der Waals surface area contributed by atoms with Crippen molar-refractivity contribution < 1.29 is 17.6 Å². The zero-order valence-corrected chi connectivity index (χ0v) is 18.9. The molecule has 1 aliphatic rings. The number of rotatable bonds is 7. The second-order valence-electron chi connectivity index (χ2n) is 6.52. The molecule has 1 amide bonds. The van der Waals surface area contributed by atoms with E-state index >= 15 is 0 Å². The third kappa shape index (κ3) is 4.59. The predicted octanol–water partition coefficient (Wildman–Crippen LogP) is 3.43. The summed E-state index contributed by atoms with van der Waals surface area (Å²) in [5.74, 6) is -0.276. The van der Waals surface area contributed by atoms with Gasteiger partial charge in [0.2, 0.25) is 15.9 Å². The van der Waals surface area contributed by atoms with Gasteiger partial charge in [0, 0.05) is 24.1 Å². The van der Waals surface area contributed by atoms with Gasteiger partial charge in [0.05, 0.1) is 21.3 Å². The van der Waals surface area contributed by atoms with Crippen LogP contribution in [0.4, 0.5) is 4.39 Å². The van der Waals surface area contributed by atoms with Gasteiger partial charge >= 0.3 is 0 Å². The SMILES string of the molecule is O=C(NCCc1csc(-c2cccs2)n1)C1CSCN1S(=O)(=O)c1ccc(F)cc1. The zero-order valence-electron chi connectivity index (χ0n) is 15.7. The highest BCUT2D eigenvalue weighted by Crippen LogP contribution is 2.29. The quantitative estimate of drug-likeness (QED) is 0.557. The smallest absolute Gasteiger partial charge is 0.244 e. The van der Waals surface area contributed by atoms with Gasteiger partial charge in [-0.1, -0.05) is 6.07 Å². The maximum Gasteiger partial charge on any atom is 0.244 e. The number of carbonyl (C=O) groups is 1. The van der Waals surface area contributed by atoms with E-state index in [1.807, 2.05) is 22.9 Å². The average Bonchev–Trinajstić information content (AvgIpc) is 3.48. The van der Waals surface area contributed by atoms with Crippen LogP contribution in [0.3, 0.4) is 0 Å². The van der Waals surface area contributed by atoms with Crippen LogP contribution in [-0.4, -0.2) is 47.8 Å². The summed E-state index contributed by atoms with van der Waals surface area (Å²) >= 11 is 4.57. The molecule has 11 heteroatoms. The van der Waals surface area contributed by atoms with Crippen LogP contribution in [0.15, 0.2) is 52.1 Å². The minimum atomic E-state index is -3.87. The Hall–Kier alpha value is -1.79. The van der Waals surface area contributed by atoms with E-state index in [-0.39, 0.29) is 16.7 Å². The minimum Gasteiger partial charge on any atom is -0.354 e. The third-order valence-electron chi connectivity index (χ3n) is 4.53. The number of amides is 1. The molecule has 2 aromatic heterocycles. The van der Waals surface area contributed by atoms with Crippen molar-refractivity contribution in [3.8, 4) is 9.88 Å². The van der Waals surface area contributed by atoms with Gasteiger partial charge in [-0.2, -0.15) is 4.31 Å². The van der Waals surface area contributed by atoms with Gasteiger partial charge < -0.3 is 5.32 Å². The maximum atomic E-state index is 13.1. The first-order valence-electron chi connectivity index (χ1n) is 9.06. The topological polar surface area (TPSA) is 79.4 Å². The standard InChI is InChI=1S/C19H18FN3O3S4/c20-13-3-5-15(6-4-13)30(25,26)23-12-27-11-16(23)18(24)21-8-7-14-10-29-19(22-14)17-2-1-9-28-17/h1-6,9-10,16H,7-8,11-12H2,(H,21,24). The van der Waals surface area contributed by atoms with Crippen molar-refractivity contribution in [1.82, 2.24) is 14.6 Å². The maximum absolute atomic E-state index is 13.1. The highest BCUT2D eigenvalue weighted by Gasteiger charge is 2.39. The number of carbonyl (C=O) groups excluding carboxylic acids is 1. The number of nitrogens with zero attached hydrogens (tertiary/aromatic N) is 2. The van der Waals surface area contributed by atoms with Crippen LogP contribution in [0, 0.1) is 5.82 Å². The van der Waals surface area contributed by atoms with E-state index in [1.165, 1.54) is 28.2 Å². The van der Waals surface area contributed by atoms with Crippen LogP contribution in [0.1, 0.15) is 5.69 Å². The Balaban J connectivity index is 1.36. The normalized spacial score (nSPS) is 17.3. The van der Waals surface area contributed by atoms with Gasteiger partial charge in [0.15, 0.2) is 0 Å². The first-order chi connectivity index (χ1) is 14.4. The largest absolute Gasteiger partial charge is 0.354 e. The number of benzene rings is 1. The first-order valence-corrected chi connectivity index (χ1v) is 13.4. The van der Waals surface area contributed by atoms with E-state index < -0.39 is 21.9 Å². The summed E-state index contributed by atoms with van der Waals surface area (Å²) in [6.45, 7) is 0.373. The number of thiazole rings is 1. The fraction of sp³-hybridized carbons (Fsp3) is 0.263. The Morgan fingerprint density at radius 1 is 1.23 bits per heavy atom. The number of sulfonamides is 1. The number of halogens is 1. The Labute approximate surface area is 186 Å². The molecule has 3 aromatic rings. The van der Waals surface area contributed by atoms with E-state index in [9.17, 15) is 17.6 Å². The zero-order chi connectivity index (χ0) is 21.1. The molecule has 0 aliphatic carbocycles. The number of thiophene rings is 1. The molecule has 1 fully saturated rings. The summed E-state index contributed by atoms with van der Waals surface area (Å²) in [5.41, 5.74) is 0.889. The van der Waals surface area contributed by atoms with Crippen LogP contribution in [-0.2, 0) is 21.2 Å². The Kier molecular flexibility index (Phi) is 6.54. The van der Waals surface area contributed by atoms with Crippen molar-refractivity contribution in [2.45, 2.75) is 17.4 Å².